The predicted octanol–water partition coefficient (Wildman–Crippen LogP) is 2.81. The largest absolute Gasteiger partial charge is 0.500 e. The summed E-state index contributed by atoms with van der Waals surface area (Å²) in [5.41, 5.74) is 0. The molecular weight excluding hydrogens is 246 g/mol. The molecule has 0 aliphatic carbocycles. The Labute approximate surface area is 114 Å². The van der Waals surface area contributed by atoms with Crippen LogP contribution in [0.25, 0.3) is 0 Å². The first kappa shape index (κ1) is 18.1. The molecule has 0 aliphatic heterocycles. The molecule has 0 saturated carbocycles. The van der Waals surface area contributed by atoms with Gasteiger partial charge in [0.25, 0.3) is 0 Å². The zero-order valence-corrected chi connectivity index (χ0v) is 13.6. The van der Waals surface area contributed by atoms with Crippen molar-refractivity contribution in [1.82, 2.24) is 5.32 Å². The highest BCUT2D eigenvalue weighted by Crippen LogP contribution is 2.14. The first-order valence-electron chi connectivity index (χ1n) is 7.10. The molecule has 0 fully saturated rings. The van der Waals surface area contributed by atoms with Gasteiger partial charge in [-0.15, -0.1) is 0 Å². The van der Waals surface area contributed by atoms with Crippen LogP contribution in [0.15, 0.2) is 0 Å². The van der Waals surface area contributed by atoms with Crippen molar-refractivity contribution >= 4 is 8.80 Å². The van der Waals surface area contributed by atoms with E-state index in [0.29, 0.717) is 0 Å². The van der Waals surface area contributed by atoms with E-state index in [1.165, 1.54) is 32.1 Å². The maximum atomic E-state index is 5.37. The molecule has 0 aliphatic rings. The van der Waals surface area contributed by atoms with Crippen molar-refractivity contribution in [3.8, 4) is 0 Å². The predicted molar refractivity (Wildman–Crippen MR) is 77.8 cm³/mol. The molecule has 0 atom stereocenters. The Hall–Kier alpha value is 0.0569. The lowest BCUT2D eigenvalue weighted by molar-refractivity contribution is 0.123. The third-order valence-electron chi connectivity index (χ3n) is 3.23. The molecule has 5 heteroatoms. The Bertz CT molecular complexity index is 169. The Balaban J connectivity index is 3.38. The molecule has 0 amide bonds. The zero-order chi connectivity index (χ0) is 13.7. The van der Waals surface area contributed by atoms with E-state index in [1.54, 1.807) is 21.3 Å². The van der Waals surface area contributed by atoms with Crippen LogP contribution in [0.2, 0.25) is 6.04 Å². The SMILES string of the molecule is CCCCCCCNCCC[Si](OC)(OC)OC. The number of hydrogen-bond donors (Lipinski definition) is 1. The lowest BCUT2D eigenvalue weighted by Crippen LogP contribution is -2.43. The van der Waals surface area contributed by atoms with Gasteiger partial charge in [-0.2, -0.15) is 0 Å². The Morgan fingerprint density at radius 2 is 1.33 bits per heavy atom. The summed E-state index contributed by atoms with van der Waals surface area (Å²) in [6.45, 7) is 4.37. The monoisotopic (exact) mass is 277 g/mol. The van der Waals surface area contributed by atoms with Gasteiger partial charge in [-0.05, 0) is 25.9 Å². The summed E-state index contributed by atoms with van der Waals surface area (Å²) in [5.74, 6) is 0. The van der Waals surface area contributed by atoms with Crippen LogP contribution >= 0.6 is 0 Å². The summed E-state index contributed by atoms with van der Waals surface area (Å²) in [4.78, 5) is 0. The second kappa shape index (κ2) is 12.1. The second-order valence-electron chi connectivity index (χ2n) is 4.56. The smallest absolute Gasteiger partial charge is 0.377 e. The van der Waals surface area contributed by atoms with Crippen molar-refractivity contribution < 1.29 is 13.3 Å². The Kier molecular flexibility index (Phi) is 12.1. The summed E-state index contributed by atoms with van der Waals surface area (Å²) in [5, 5.41) is 3.46. The van der Waals surface area contributed by atoms with E-state index >= 15 is 0 Å². The van der Waals surface area contributed by atoms with Gasteiger partial charge < -0.3 is 18.6 Å². The van der Waals surface area contributed by atoms with Gasteiger partial charge in [-0.25, -0.2) is 0 Å². The van der Waals surface area contributed by atoms with Crippen molar-refractivity contribution in [3.63, 3.8) is 0 Å². The molecule has 0 radical (unpaired) electrons. The van der Waals surface area contributed by atoms with Gasteiger partial charge in [0, 0.05) is 27.4 Å². The van der Waals surface area contributed by atoms with E-state index in [2.05, 4.69) is 12.2 Å². The highest BCUT2D eigenvalue weighted by Gasteiger charge is 2.36. The molecule has 1 N–H and O–H groups in total. The molecule has 0 bridgehead atoms. The first-order valence-corrected chi connectivity index (χ1v) is 9.04. The number of nitrogens with one attached hydrogen (secondary N) is 1. The standard InChI is InChI=1S/C13H31NO3Si/c1-5-6-7-8-9-11-14-12-10-13-18(15-2,16-3)17-4/h14H,5-13H2,1-4H3. The maximum absolute atomic E-state index is 5.37. The molecule has 0 aromatic carbocycles. The van der Waals surface area contributed by atoms with E-state index in [9.17, 15) is 0 Å². The van der Waals surface area contributed by atoms with Gasteiger partial charge in [0.2, 0.25) is 0 Å². The molecular formula is C13H31NO3Si. The minimum Gasteiger partial charge on any atom is -0.377 e. The fraction of sp³-hybridized carbons (Fsp3) is 1.00. The van der Waals surface area contributed by atoms with Gasteiger partial charge in [0.1, 0.15) is 0 Å². The summed E-state index contributed by atoms with van der Waals surface area (Å²) < 4.78 is 16.1. The van der Waals surface area contributed by atoms with Crippen LogP contribution in [0.3, 0.4) is 0 Å². The summed E-state index contributed by atoms with van der Waals surface area (Å²) in [6, 6.07) is 0.874. The van der Waals surface area contributed by atoms with Crippen molar-refractivity contribution in [3.05, 3.63) is 0 Å². The van der Waals surface area contributed by atoms with Crippen LogP contribution in [0, 0.1) is 0 Å². The highest BCUT2D eigenvalue weighted by atomic mass is 28.4. The average Bonchev–Trinajstić information content (AvgIpc) is 2.42. The fourth-order valence-electron chi connectivity index (χ4n) is 1.96. The summed E-state index contributed by atoms with van der Waals surface area (Å²) in [7, 11) is 2.66. The zero-order valence-electron chi connectivity index (χ0n) is 12.6. The van der Waals surface area contributed by atoms with Crippen LogP contribution in [-0.2, 0) is 13.3 Å². The number of unbranched alkanes of at least 4 members (excludes halogenated alkanes) is 4. The average molecular weight is 277 g/mol. The normalized spacial score (nSPS) is 12.0. The number of hydrogen-bond acceptors (Lipinski definition) is 4. The molecule has 0 unspecified atom stereocenters. The van der Waals surface area contributed by atoms with E-state index in [0.717, 1.165) is 25.6 Å². The van der Waals surface area contributed by atoms with Crippen LogP contribution < -0.4 is 5.32 Å². The van der Waals surface area contributed by atoms with Gasteiger partial charge in [-0.3, -0.25) is 0 Å². The molecule has 4 nitrogen and oxygen atoms in total. The van der Waals surface area contributed by atoms with E-state index in [-0.39, 0.29) is 0 Å². The molecule has 0 aromatic rings. The lowest BCUT2D eigenvalue weighted by Gasteiger charge is -2.24. The van der Waals surface area contributed by atoms with Crippen LogP contribution in [-0.4, -0.2) is 43.2 Å². The molecule has 0 aromatic heterocycles. The second-order valence-corrected chi connectivity index (χ2v) is 7.65. The minimum atomic E-state index is -2.34. The van der Waals surface area contributed by atoms with Crippen molar-refractivity contribution in [2.75, 3.05) is 34.4 Å². The summed E-state index contributed by atoms with van der Waals surface area (Å²) in [6.07, 6.45) is 7.70. The lowest BCUT2D eigenvalue weighted by atomic mass is 10.1. The molecule has 0 heterocycles. The molecule has 0 saturated heterocycles. The molecule has 110 valence electrons. The van der Waals surface area contributed by atoms with Gasteiger partial charge >= 0.3 is 8.80 Å². The van der Waals surface area contributed by atoms with Crippen LogP contribution in [0.4, 0.5) is 0 Å². The van der Waals surface area contributed by atoms with E-state index < -0.39 is 8.80 Å². The first-order chi connectivity index (χ1) is 8.74. The van der Waals surface area contributed by atoms with E-state index in [4.69, 9.17) is 13.3 Å². The molecule has 0 spiro atoms. The van der Waals surface area contributed by atoms with Crippen LogP contribution in [0.5, 0.6) is 0 Å². The quantitative estimate of drug-likeness (QED) is 0.415. The van der Waals surface area contributed by atoms with Gasteiger partial charge in [0.15, 0.2) is 0 Å². The Morgan fingerprint density at radius 1 is 0.778 bits per heavy atom. The van der Waals surface area contributed by atoms with Crippen molar-refractivity contribution in [2.24, 2.45) is 0 Å². The Morgan fingerprint density at radius 3 is 1.89 bits per heavy atom. The van der Waals surface area contributed by atoms with E-state index in [1.807, 2.05) is 0 Å². The number of rotatable bonds is 13. The van der Waals surface area contributed by atoms with Crippen LogP contribution in [0.1, 0.15) is 45.4 Å². The third-order valence-corrected chi connectivity index (χ3v) is 6.06. The molecule has 0 rings (SSSR count). The maximum Gasteiger partial charge on any atom is 0.500 e. The minimum absolute atomic E-state index is 0.874. The van der Waals surface area contributed by atoms with Gasteiger partial charge in [-0.1, -0.05) is 32.6 Å². The van der Waals surface area contributed by atoms with Gasteiger partial charge in [0.05, 0.1) is 0 Å². The topological polar surface area (TPSA) is 39.7 Å². The van der Waals surface area contributed by atoms with Crippen molar-refractivity contribution in [2.45, 2.75) is 51.5 Å². The summed E-state index contributed by atoms with van der Waals surface area (Å²) >= 11 is 0. The highest BCUT2D eigenvalue weighted by molar-refractivity contribution is 6.60. The van der Waals surface area contributed by atoms with Crippen molar-refractivity contribution in [1.29, 1.82) is 0 Å². The third kappa shape index (κ3) is 8.21. The molecule has 18 heavy (non-hydrogen) atoms. The fourth-order valence-corrected chi connectivity index (χ4v) is 3.69.